The van der Waals surface area contributed by atoms with Gasteiger partial charge in [-0.25, -0.2) is 0 Å². The van der Waals surface area contributed by atoms with Gasteiger partial charge in [0.15, 0.2) is 0 Å². The lowest BCUT2D eigenvalue weighted by atomic mass is 10.0. The van der Waals surface area contributed by atoms with Crippen molar-refractivity contribution in [3.05, 3.63) is 35.9 Å². The SMILES string of the molecule is CC(C)[C@H]1C(=O)OCCN1Cc1ccccc1. The van der Waals surface area contributed by atoms with Crippen LogP contribution >= 0.6 is 0 Å². The summed E-state index contributed by atoms with van der Waals surface area (Å²) in [5.41, 5.74) is 1.24. The Kier molecular flexibility index (Phi) is 3.79. The second kappa shape index (κ2) is 5.32. The van der Waals surface area contributed by atoms with Gasteiger partial charge in [0.1, 0.15) is 12.6 Å². The van der Waals surface area contributed by atoms with Gasteiger partial charge in [-0.1, -0.05) is 44.2 Å². The molecule has 17 heavy (non-hydrogen) atoms. The molecule has 1 aliphatic heterocycles. The van der Waals surface area contributed by atoms with Gasteiger partial charge < -0.3 is 4.74 Å². The maximum absolute atomic E-state index is 11.8. The third-order valence-electron chi connectivity index (χ3n) is 3.12. The van der Waals surface area contributed by atoms with Crippen molar-refractivity contribution < 1.29 is 9.53 Å². The molecule has 1 aliphatic rings. The molecule has 3 nitrogen and oxygen atoms in total. The van der Waals surface area contributed by atoms with Crippen LogP contribution in [0, 0.1) is 5.92 Å². The van der Waals surface area contributed by atoms with Crippen molar-refractivity contribution in [2.75, 3.05) is 13.2 Å². The monoisotopic (exact) mass is 233 g/mol. The summed E-state index contributed by atoms with van der Waals surface area (Å²) in [6.45, 7) is 6.28. The molecule has 1 atom stereocenters. The Morgan fingerprint density at radius 1 is 1.35 bits per heavy atom. The average Bonchev–Trinajstić information content (AvgIpc) is 2.30. The van der Waals surface area contributed by atoms with Crippen molar-refractivity contribution >= 4 is 5.97 Å². The molecule has 0 saturated carbocycles. The van der Waals surface area contributed by atoms with E-state index in [0.29, 0.717) is 6.61 Å². The third-order valence-corrected chi connectivity index (χ3v) is 3.12. The molecular weight excluding hydrogens is 214 g/mol. The van der Waals surface area contributed by atoms with Gasteiger partial charge in [-0.2, -0.15) is 0 Å². The zero-order valence-corrected chi connectivity index (χ0v) is 10.4. The highest BCUT2D eigenvalue weighted by Crippen LogP contribution is 2.19. The number of nitrogens with zero attached hydrogens (tertiary/aromatic N) is 1. The topological polar surface area (TPSA) is 29.5 Å². The van der Waals surface area contributed by atoms with Gasteiger partial charge in [0, 0.05) is 13.1 Å². The number of hydrogen-bond acceptors (Lipinski definition) is 3. The molecule has 1 fully saturated rings. The number of cyclic esters (lactones) is 1. The first-order chi connectivity index (χ1) is 8.18. The van der Waals surface area contributed by atoms with Gasteiger partial charge in [0.25, 0.3) is 0 Å². The number of carbonyl (C=O) groups is 1. The fraction of sp³-hybridized carbons (Fsp3) is 0.500. The molecule has 0 N–H and O–H groups in total. The van der Waals surface area contributed by atoms with E-state index in [-0.39, 0.29) is 17.9 Å². The molecule has 2 rings (SSSR count). The van der Waals surface area contributed by atoms with E-state index in [1.54, 1.807) is 0 Å². The fourth-order valence-electron chi connectivity index (χ4n) is 2.33. The molecule has 1 saturated heterocycles. The number of carbonyl (C=O) groups excluding carboxylic acids is 1. The second-order valence-corrected chi connectivity index (χ2v) is 4.81. The standard InChI is InChI=1S/C14H19NO2/c1-11(2)13-14(16)17-9-8-15(13)10-12-6-4-3-5-7-12/h3-7,11,13H,8-10H2,1-2H3/t13-/m0/s1. The van der Waals surface area contributed by atoms with Gasteiger partial charge in [-0.15, -0.1) is 0 Å². The van der Waals surface area contributed by atoms with Crippen molar-refractivity contribution in [1.82, 2.24) is 4.90 Å². The second-order valence-electron chi connectivity index (χ2n) is 4.81. The highest BCUT2D eigenvalue weighted by atomic mass is 16.5. The van der Waals surface area contributed by atoms with Crippen LogP contribution in [0.4, 0.5) is 0 Å². The quantitative estimate of drug-likeness (QED) is 0.748. The molecule has 3 heteroatoms. The lowest BCUT2D eigenvalue weighted by molar-refractivity contribution is -0.160. The summed E-state index contributed by atoms with van der Waals surface area (Å²) >= 11 is 0. The number of rotatable bonds is 3. The maximum Gasteiger partial charge on any atom is 0.323 e. The van der Waals surface area contributed by atoms with E-state index < -0.39 is 0 Å². The van der Waals surface area contributed by atoms with E-state index in [1.165, 1.54) is 5.56 Å². The minimum atomic E-state index is -0.107. The van der Waals surface area contributed by atoms with Crippen LogP contribution in [0.25, 0.3) is 0 Å². The number of hydrogen-bond donors (Lipinski definition) is 0. The maximum atomic E-state index is 11.8. The largest absolute Gasteiger partial charge is 0.463 e. The van der Waals surface area contributed by atoms with E-state index in [2.05, 4.69) is 30.9 Å². The number of benzene rings is 1. The molecule has 0 spiro atoms. The third kappa shape index (κ3) is 2.86. The lowest BCUT2D eigenvalue weighted by Crippen LogP contribution is -2.50. The number of esters is 1. The predicted octanol–water partition coefficient (Wildman–Crippen LogP) is 2.07. The zero-order chi connectivity index (χ0) is 12.3. The van der Waals surface area contributed by atoms with E-state index in [4.69, 9.17) is 4.74 Å². The number of ether oxygens (including phenoxy) is 1. The fourth-order valence-corrected chi connectivity index (χ4v) is 2.33. The van der Waals surface area contributed by atoms with Crippen molar-refractivity contribution in [3.8, 4) is 0 Å². The summed E-state index contributed by atoms with van der Waals surface area (Å²) < 4.78 is 5.14. The van der Waals surface area contributed by atoms with Crippen LogP contribution in [-0.4, -0.2) is 30.1 Å². The van der Waals surface area contributed by atoms with Crippen LogP contribution in [0.15, 0.2) is 30.3 Å². The molecule has 0 amide bonds. The Labute approximate surface area is 102 Å². The van der Waals surface area contributed by atoms with E-state index in [9.17, 15) is 4.79 Å². The minimum Gasteiger partial charge on any atom is -0.463 e. The van der Waals surface area contributed by atoms with Gasteiger partial charge >= 0.3 is 5.97 Å². The first kappa shape index (κ1) is 12.1. The Balaban J connectivity index is 2.10. The molecule has 1 aromatic rings. The summed E-state index contributed by atoms with van der Waals surface area (Å²) in [4.78, 5) is 14.0. The van der Waals surface area contributed by atoms with Gasteiger partial charge in [0.2, 0.25) is 0 Å². The molecule has 0 radical (unpaired) electrons. The lowest BCUT2D eigenvalue weighted by Gasteiger charge is -2.36. The Hall–Kier alpha value is -1.35. The van der Waals surface area contributed by atoms with E-state index in [1.807, 2.05) is 18.2 Å². The minimum absolute atomic E-state index is 0.0813. The van der Waals surface area contributed by atoms with Crippen molar-refractivity contribution in [2.24, 2.45) is 5.92 Å². The molecule has 0 aromatic heterocycles. The smallest absolute Gasteiger partial charge is 0.323 e. The van der Waals surface area contributed by atoms with Crippen LogP contribution in [0.2, 0.25) is 0 Å². The average molecular weight is 233 g/mol. The molecule has 0 bridgehead atoms. The number of morpholine rings is 1. The Bertz CT molecular complexity index is 375. The summed E-state index contributed by atoms with van der Waals surface area (Å²) in [6, 6.07) is 10.1. The Morgan fingerprint density at radius 2 is 2.06 bits per heavy atom. The normalized spacial score (nSPS) is 21.6. The van der Waals surface area contributed by atoms with E-state index in [0.717, 1.165) is 13.1 Å². The molecule has 0 unspecified atom stereocenters. The van der Waals surface area contributed by atoms with Crippen LogP contribution in [0.5, 0.6) is 0 Å². The van der Waals surface area contributed by atoms with Gasteiger partial charge in [0.05, 0.1) is 0 Å². The van der Waals surface area contributed by atoms with Gasteiger partial charge in [-0.05, 0) is 11.5 Å². The summed E-state index contributed by atoms with van der Waals surface area (Å²) in [6.07, 6.45) is 0. The van der Waals surface area contributed by atoms with Crippen LogP contribution in [0.1, 0.15) is 19.4 Å². The van der Waals surface area contributed by atoms with E-state index >= 15 is 0 Å². The van der Waals surface area contributed by atoms with Crippen LogP contribution < -0.4 is 0 Å². The van der Waals surface area contributed by atoms with Gasteiger partial charge in [-0.3, -0.25) is 9.69 Å². The molecule has 92 valence electrons. The van der Waals surface area contributed by atoms with Crippen molar-refractivity contribution in [2.45, 2.75) is 26.4 Å². The summed E-state index contributed by atoms with van der Waals surface area (Å²) in [7, 11) is 0. The first-order valence-corrected chi connectivity index (χ1v) is 6.13. The first-order valence-electron chi connectivity index (χ1n) is 6.13. The Morgan fingerprint density at radius 3 is 2.71 bits per heavy atom. The van der Waals surface area contributed by atoms with Crippen molar-refractivity contribution in [1.29, 1.82) is 0 Å². The molecule has 1 heterocycles. The summed E-state index contributed by atoms with van der Waals surface area (Å²) in [5.74, 6) is 0.202. The predicted molar refractivity (Wildman–Crippen MR) is 66.4 cm³/mol. The highest BCUT2D eigenvalue weighted by molar-refractivity contribution is 5.76. The van der Waals surface area contributed by atoms with Crippen molar-refractivity contribution in [3.63, 3.8) is 0 Å². The van der Waals surface area contributed by atoms with Crippen LogP contribution in [0.3, 0.4) is 0 Å². The zero-order valence-electron chi connectivity index (χ0n) is 10.4. The molecule has 1 aromatic carbocycles. The summed E-state index contributed by atoms with van der Waals surface area (Å²) in [5, 5.41) is 0. The van der Waals surface area contributed by atoms with Crippen LogP contribution in [-0.2, 0) is 16.1 Å². The highest BCUT2D eigenvalue weighted by Gasteiger charge is 2.33. The molecular formula is C14H19NO2. The molecule has 0 aliphatic carbocycles.